The number of ether oxygens (including phenoxy) is 3. The highest BCUT2D eigenvalue weighted by molar-refractivity contribution is 5.71. The summed E-state index contributed by atoms with van der Waals surface area (Å²) in [6, 6.07) is 8.04. The minimum absolute atomic E-state index is 0.127. The van der Waals surface area contributed by atoms with E-state index in [-0.39, 0.29) is 17.4 Å². The molecule has 0 saturated carbocycles. The van der Waals surface area contributed by atoms with Crippen molar-refractivity contribution in [1.29, 1.82) is 0 Å². The maximum absolute atomic E-state index is 11.6. The lowest BCUT2D eigenvalue weighted by Crippen LogP contribution is -2.24. The van der Waals surface area contributed by atoms with Crippen molar-refractivity contribution in [2.24, 2.45) is 10.8 Å². The van der Waals surface area contributed by atoms with Gasteiger partial charge in [-0.25, -0.2) is 4.79 Å². The summed E-state index contributed by atoms with van der Waals surface area (Å²) in [5.41, 5.74) is 1.73. The second-order valence-corrected chi connectivity index (χ2v) is 8.83. The molecule has 4 heteroatoms. The molecule has 2 unspecified atom stereocenters. The Bertz CT molecular complexity index is 534. The average molecular weight is 350 g/mol. The molecule has 0 bridgehead atoms. The maximum atomic E-state index is 11.6. The van der Waals surface area contributed by atoms with Crippen LogP contribution >= 0.6 is 0 Å². The van der Waals surface area contributed by atoms with E-state index >= 15 is 0 Å². The van der Waals surface area contributed by atoms with Crippen LogP contribution in [0.15, 0.2) is 24.3 Å². The molecule has 1 aromatic rings. The van der Waals surface area contributed by atoms with Gasteiger partial charge in [0.1, 0.15) is 5.75 Å². The number of carbonyl (C=O) groups is 1. The summed E-state index contributed by atoms with van der Waals surface area (Å²) in [7, 11) is 1.49. The first-order chi connectivity index (χ1) is 11.4. The summed E-state index contributed by atoms with van der Waals surface area (Å²) < 4.78 is 15.4. The van der Waals surface area contributed by atoms with E-state index in [0.717, 1.165) is 6.42 Å². The molecule has 0 aliphatic carbocycles. The first-order valence-electron chi connectivity index (χ1n) is 8.87. The molecule has 0 radical (unpaired) electrons. The van der Waals surface area contributed by atoms with Gasteiger partial charge in [0.15, 0.2) is 12.9 Å². The van der Waals surface area contributed by atoms with Gasteiger partial charge in [0.05, 0.1) is 0 Å². The molecule has 0 heterocycles. The predicted molar refractivity (Wildman–Crippen MR) is 101 cm³/mol. The van der Waals surface area contributed by atoms with Crippen molar-refractivity contribution < 1.29 is 19.0 Å². The number of esters is 1. The molecular formula is C21H34O4. The fourth-order valence-electron chi connectivity index (χ4n) is 2.74. The van der Waals surface area contributed by atoms with Gasteiger partial charge in [-0.05, 0) is 47.8 Å². The molecule has 0 fully saturated rings. The van der Waals surface area contributed by atoms with E-state index in [9.17, 15) is 4.79 Å². The van der Waals surface area contributed by atoms with Crippen LogP contribution in [0.25, 0.3) is 0 Å². The lowest BCUT2D eigenvalue weighted by atomic mass is 9.69. The van der Waals surface area contributed by atoms with Crippen molar-refractivity contribution in [3.8, 4) is 5.75 Å². The molecule has 0 aromatic heterocycles. The summed E-state index contributed by atoms with van der Waals surface area (Å²) >= 11 is 0. The minimum Gasteiger partial charge on any atom is -0.482 e. The molecule has 0 spiro atoms. The Hall–Kier alpha value is -1.55. The van der Waals surface area contributed by atoms with E-state index in [1.54, 1.807) is 6.92 Å². The van der Waals surface area contributed by atoms with Crippen molar-refractivity contribution in [1.82, 2.24) is 0 Å². The molecule has 0 aliphatic heterocycles. The highest BCUT2D eigenvalue weighted by Gasteiger charge is 2.30. The number of rotatable bonds is 7. The minimum atomic E-state index is -0.566. The smallest absolute Gasteiger partial charge is 0.346 e. The Balaban J connectivity index is 2.74. The molecular weight excluding hydrogens is 316 g/mol. The average Bonchev–Trinajstić information content (AvgIpc) is 2.49. The van der Waals surface area contributed by atoms with E-state index in [0.29, 0.717) is 11.7 Å². The maximum Gasteiger partial charge on any atom is 0.346 e. The van der Waals surface area contributed by atoms with Crippen LogP contribution in [0.5, 0.6) is 5.75 Å². The van der Waals surface area contributed by atoms with Gasteiger partial charge in [0, 0.05) is 7.11 Å². The monoisotopic (exact) mass is 350 g/mol. The van der Waals surface area contributed by atoms with Gasteiger partial charge in [-0.3, -0.25) is 0 Å². The van der Waals surface area contributed by atoms with Gasteiger partial charge in [0.2, 0.25) is 0 Å². The Labute approximate surface area is 152 Å². The van der Waals surface area contributed by atoms with Crippen LogP contribution in [-0.4, -0.2) is 26.0 Å². The normalized spacial score (nSPS) is 14.7. The van der Waals surface area contributed by atoms with Gasteiger partial charge in [0.25, 0.3) is 0 Å². The Morgan fingerprint density at radius 1 is 1.04 bits per heavy atom. The molecule has 1 aromatic carbocycles. The van der Waals surface area contributed by atoms with Crippen molar-refractivity contribution in [2.45, 2.75) is 67.1 Å². The zero-order valence-electron chi connectivity index (χ0n) is 17.0. The lowest BCUT2D eigenvalue weighted by molar-refractivity contribution is -0.172. The van der Waals surface area contributed by atoms with Crippen LogP contribution in [0.1, 0.15) is 66.4 Å². The highest BCUT2D eigenvalue weighted by Crippen LogP contribution is 2.43. The molecule has 2 atom stereocenters. The van der Waals surface area contributed by atoms with Crippen LogP contribution in [0.3, 0.4) is 0 Å². The number of methoxy groups -OCH3 is 1. The molecule has 142 valence electrons. The topological polar surface area (TPSA) is 44.8 Å². The molecule has 0 amide bonds. The van der Waals surface area contributed by atoms with E-state index in [1.807, 2.05) is 12.1 Å². The summed E-state index contributed by atoms with van der Waals surface area (Å²) in [4.78, 5) is 11.6. The third-order valence-corrected chi connectivity index (χ3v) is 4.13. The van der Waals surface area contributed by atoms with Gasteiger partial charge < -0.3 is 14.2 Å². The summed E-state index contributed by atoms with van der Waals surface area (Å²) in [6.45, 7) is 15.2. The third kappa shape index (κ3) is 7.91. The zero-order chi connectivity index (χ0) is 19.3. The number of hydrogen-bond acceptors (Lipinski definition) is 4. The zero-order valence-corrected chi connectivity index (χ0v) is 17.0. The van der Waals surface area contributed by atoms with Gasteiger partial charge >= 0.3 is 5.97 Å². The molecule has 0 aliphatic rings. The summed E-state index contributed by atoms with van der Waals surface area (Å²) in [5.74, 6) is 0.669. The Morgan fingerprint density at radius 3 is 2.04 bits per heavy atom. The molecule has 0 saturated heterocycles. The highest BCUT2D eigenvalue weighted by atomic mass is 16.7. The third-order valence-electron chi connectivity index (χ3n) is 4.13. The van der Waals surface area contributed by atoms with Crippen LogP contribution < -0.4 is 4.74 Å². The summed E-state index contributed by atoms with van der Waals surface area (Å²) in [5, 5.41) is 0. The molecule has 1 rings (SSSR count). The van der Waals surface area contributed by atoms with Gasteiger partial charge in [-0.1, -0.05) is 53.7 Å². The van der Waals surface area contributed by atoms with E-state index < -0.39 is 12.3 Å². The molecule has 0 N–H and O–H groups in total. The van der Waals surface area contributed by atoms with Crippen LogP contribution in [0.2, 0.25) is 0 Å². The van der Waals surface area contributed by atoms with Gasteiger partial charge in [-0.15, -0.1) is 0 Å². The Kier molecular flexibility index (Phi) is 7.48. The van der Waals surface area contributed by atoms with E-state index in [4.69, 9.17) is 14.2 Å². The van der Waals surface area contributed by atoms with E-state index in [1.165, 1.54) is 12.7 Å². The largest absolute Gasteiger partial charge is 0.482 e. The van der Waals surface area contributed by atoms with Crippen LogP contribution in [-0.2, 0) is 14.3 Å². The van der Waals surface area contributed by atoms with E-state index in [2.05, 4.69) is 53.7 Å². The molecule has 4 nitrogen and oxygen atoms in total. The fourth-order valence-corrected chi connectivity index (χ4v) is 2.74. The van der Waals surface area contributed by atoms with Crippen LogP contribution in [0, 0.1) is 10.8 Å². The van der Waals surface area contributed by atoms with Crippen molar-refractivity contribution >= 4 is 5.97 Å². The van der Waals surface area contributed by atoms with Crippen molar-refractivity contribution in [2.75, 3.05) is 13.7 Å². The fraction of sp³-hybridized carbons (Fsp3) is 0.667. The van der Waals surface area contributed by atoms with Crippen LogP contribution in [0.4, 0.5) is 0 Å². The number of benzene rings is 1. The number of hydrogen-bond donors (Lipinski definition) is 0. The SMILES string of the molecule is COC(C)OC(=O)COc1ccc(C(CC(C)(C)C)C(C)(C)C)cc1. The lowest BCUT2D eigenvalue weighted by Gasteiger charge is -2.36. The standard InChI is InChI=1S/C21H34O4/c1-15(23-8)25-19(22)14-24-17-11-9-16(10-12-17)18(21(5,6)7)13-20(2,3)4/h9-12,15,18H,13-14H2,1-8H3. The first-order valence-corrected chi connectivity index (χ1v) is 8.87. The molecule has 25 heavy (non-hydrogen) atoms. The predicted octanol–water partition coefficient (Wildman–Crippen LogP) is 5.17. The second kappa shape index (κ2) is 8.70. The van der Waals surface area contributed by atoms with Crippen molar-refractivity contribution in [3.05, 3.63) is 29.8 Å². The van der Waals surface area contributed by atoms with Crippen molar-refractivity contribution in [3.63, 3.8) is 0 Å². The number of carbonyl (C=O) groups excluding carboxylic acids is 1. The summed E-state index contributed by atoms with van der Waals surface area (Å²) in [6.07, 6.45) is 0.543. The van der Waals surface area contributed by atoms with Gasteiger partial charge in [-0.2, -0.15) is 0 Å². The second-order valence-electron chi connectivity index (χ2n) is 8.83. The first kappa shape index (κ1) is 21.5. The Morgan fingerprint density at radius 2 is 1.60 bits per heavy atom. The quantitative estimate of drug-likeness (QED) is 0.503.